The number of likely N-dealkylation sites (tertiary alicyclic amines) is 1. The number of hydrogen-bond donors (Lipinski definition) is 2. The monoisotopic (exact) mass is 395 g/mol. The molecule has 2 N–H and O–H groups in total. The summed E-state index contributed by atoms with van der Waals surface area (Å²) in [7, 11) is 0. The Morgan fingerprint density at radius 1 is 1.17 bits per heavy atom. The molecule has 1 spiro atoms. The van der Waals surface area contributed by atoms with Crippen LogP contribution in [-0.2, 0) is 15.0 Å². The first-order valence-electron chi connectivity index (χ1n) is 11.4. The molecule has 2 aliphatic heterocycles. The summed E-state index contributed by atoms with van der Waals surface area (Å²) in [5.74, 6) is 1.11. The quantitative estimate of drug-likeness (QED) is 0.821. The highest BCUT2D eigenvalue weighted by molar-refractivity contribution is 6.06. The number of rotatable bonds is 4. The molecule has 29 heavy (non-hydrogen) atoms. The van der Waals surface area contributed by atoms with Gasteiger partial charge in [-0.05, 0) is 75.6 Å². The number of piperidine rings is 1. The number of benzene rings is 1. The van der Waals surface area contributed by atoms with E-state index in [1.807, 2.05) is 18.2 Å². The third kappa shape index (κ3) is 3.48. The molecule has 3 fully saturated rings. The summed E-state index contributed by atoms with van der Waals surface area (Å²) in [4.78, 5) is 27.7. The zero-order chi connectivity index (χ0) is 20.1. The van der Waals surface area contributed by atoms with Crippen LogP contribution in [0.4, 0.5) is 5.69 Å². The van der Waals surface area contributed by atoms with Gasteiger partial charge in [0.25, 0.3) is 0 Å². The lowest BCUT2D eigenvalue weighted by Gasteiger charge is -2.40. The molecular formula is C24H33N3O2. The molecule has 1 saturated heterocycles. The molecular weight excluding hydrogens is 362 g/mol. The number of nitrogens with one attached hydrogen (secondary N) is 2. The largest absolute Gasteiger partial charge is 0.353 e. The molecule has 4 aliphatic rings. The first kappa shape index (κ1) is 19.1. The minimum atomic E-state index is -0.324. The van der Waals surface area contributed by atoms with Gasteiger partial charge < -0.3 is 15.5 Å². The average Bonchev–Trinajstić information content (AvgIpc) is 3.42. The second-order valence-corrected chi connectivity index (χ2v) is 10.1. The summed E-state index contributed by atoms with van der Waals surface area (Å²) in [6.07, 6.45) is 8.59. The molecule has 0 unspecified atom stereocenters. The Morgan fingerprint density at radius 3 is 2.69 bits per heavy atom. The molecule has 156 valence electrons. The summed E-state index contributed by atoms with van der Waals surface area (Å²) in [6.45, 7) is 5.15. The number of carbonyl (C=O) groups excluding carboxylic acids is 2. The summed E-state index contributed by atoms with van der Waals surface area (Å²) in [5, 5.41) is 6.43. The van der Waals surface area contributed by atoms with Gasteiger partial charge in [0, 0.05) is 23.7 Å². The lowest BCUT2D eigenvalue weighted by Crippen LogP contribution is -2.48. The zero-order valence-electron chi connectivity index (χ0n) is 17.5. The zero-order valence-corrected chi connectivity index (χ0v) is 17.5. The molecule has 0 bridgehead atoms. The van der Waals surface area contributed by atoms with Gasteiger partial charge in [-0.15, -0.1) is 0 Å². The highest BCUT2D eigenvalue weighted by Gasteiger charge is 2.48. The van der Waals surface area contributed by atoms with Crippen molar-refractivity contribution in [3.8, 4) is 0 Å². The molecule has 5 rings (SSSR count). The average molecular weight is 396 g/mol. The van der Waals surface area contributed by atoms with E-state index in [0.717, 1.165) is 63.8 Å². The van der Waals surface area contributed by atoms with Crippen LogP contribution in [0.2, 0.25) is 0 Å². The van der Waals surface area contributed by atoms with Crippen molar-refractivity contribution in [2.45, 2.75) is 69.7 Å². The van der Waals surface area contributed by atoms with E-state index >= 15 is 0 Å². The number of para-hydroxylation sites is 1. The van der Waals surface area contributed by atoms with Crippen LogP contribution in [0.25, 0.3) is 0 Å². The van der Waals surface area contributed by atoms with E-state index in [1.54, 1.807) is 0 Å². The predicted molar refractivity (Wildman–Crippen MR) is 114 cm³/mol. The van der Waals surface area contributed by atoms with Gasteiger partial charge in [0.2, 0.25) is 11.8 Å². The Kier molecular flexibility index (Phi) is 4.69. The van der Waals surface area contributed by atoms with Gasteiger partial charge in [-0.25, -0.2) is 0 Å². The second kappa shape index (κ2) is 7.12. The van der Waals surface area contributed by atoms with Crippen LogP contribution < -0.4 is 10.6 Å². The molecule has 0 radical (unpaired) electrons. The lowest BCUT2D eigenvalue weighted by atomic mass is 9.73. The van der Waals surface area contributed by atoms with Crippen molar-refractivity contribution >= 4 is 17.5 Å². The normalized spacial score (nSPS) is 29.9. The maximum Gasteiger partial charge on any atom is 0.235 e. The molecule has 1 aromatic rings. The molecule has 5 nitrogen and oxygen atoms in total. The van der Waals surface area contributed by atoms with Gasteiger partial charge in [0.1, 0.15) is 0 Å². The third-order valence-electron chi connectivity index (χ3n) is 8.02. The Bertz CT molecular complexity index is 808. The number of hydrogen-bond acceptors (Lipinski definition) is 3. The van der Waals surface area contributed by atoms with Gasteiger partial charge in [-0.3, -0.25) is 9.59 Å². The lowest BCUT2D eigenvalue weighted by molar-refractivity contribution is -0.126. The van der Waals surface area contributed by atoms with Crippen LogP contribution in [0.3, 0.4) is 0 Å². The fourth-order valence-corrected chi connectivity index (χ4v) is 5.71. The van der Waals surface area contributed by atoms with E-state index in [0.29, 0.717) is 12.0 Å². The van der Waals surface area contributed by atoms with Crippen molar-refractivity contribution in [3.63, 3.8) is 0 Å². The van der Waals surface area contributed by atoms with Gasteiger partial charge in [0.05, 0.1) is 5.41 Å². The van der Waals surface area contributed by atoms with E-state index < -0.39 is 0 Å². The van der Waals surface area contributed by atoms with Gasteiger partial charge >= 0.3 is 0 Å². The topological polar surface area (TPSA) is 61.4 Å². The Balaban J connectivity index is 1.16. The molecule has 5 heteroatoms. The van der Waals surface area contributed by atoms with Crippen LogP contribution in [-0.4, -0.2) is 42.4 Å². The Hall–Kier alpha value is -1.88. The minimum absolute atomic E-state index is 0.0771. The maximum atomic E-state index is 12.8. The standard InChI is InChI=1S/C24H33N3O2/c1-23(9-10-23)21(28)25-18-6-4-5-17(15-18)16-27-13-11-24(12-14-27)19-7-2-3-8-20(19)26-22(24)29/h2-3,7-8,17-18H,4-6,9-16H2,1H3,(H,25,28)(H,26,29)/t17-,18-/m1/s1. The Labute approximate surface area is 173 Å². The van der Waals surface area contributed by atoms with E-state index in [4.69, 9.17) is 0 Å². The predicted octanol–water partition coefficient (Wildman–Crippen LogP) is 3.45. The van der Waals surface area contributed by atoms with Crippen LogP contribution in [0.15, 0.2) is 24.3 Å². The van der Waals surface area contributed by atoms with Crippen LogP contribution >= 0.6 is 0 Å². The summed E-state index contributed by atoms with van der Waals surface area (Å²) in [5.41, 5.74) is 1.79. The third-order valence-corrected chi connectivity index (χ3v) is 8.02. The van der Waals surface area contributed by atoms with Crippen molar-refractivity contribution in [1.29, 1.82) is 0 Å². The minimum Gasteiger partial charge on any atom is -0.353 e. The van der Waals surface area contributed by atoms with Gasteiger partial charge in [0.15, 0.2) is 0 Å². The SMILES string of the molecule is CC1(C(=O)N[C@@H]2CCC[C@@H](CN3CCC4(CC3)C(=O)Nc3ccccc34)C2)CC1. The highest BCUT2D eigenvalue weighted by atomic mass is 16.2. The fraction of sp³-hybridized carbons (Fsp3) is 0.667. The highest BCUT2D eigenvalue weighted by Crippen LogP contribution is 2.46. The van der Waals surface area contributed by atoms with Gasteiger partial charge in [-0.1, -0.05) is 31.5 Å². The van der Waals surface area contributed by atoms with E-state index in [2.05, 4.69) is 28.5 Å². The van der Waals surface area contributed by atoms with Crippen LogP contribution in [0.5, 0.6) is 0 Å². The fourth-order valence-electron chi connectivity index (χ4n) is 5.71. The molecule has 2 atom stereocenters. The Morgan fingerprint density at radius 2 is 1.93 bits per heavy atom. The van der Waals surface area contributed by atoms with Crippen molar-refractivity contribution in [2.75, 3.05) is 25.0 Å². The first-order chi connectivity index (χ1) is 14.0. The number of nitrogens with zero attached hydrogens (tertiary/aromatic N) is 1. The van der Waals surface area contributed by atoms with Crippen molar-refractivity contribution < 1.29 is 9.59 Å². The smallest absolute Gasteiger partial charge is 0.235 e. The van der Waals surface area contributed by atoms with Gasteiger partial charge in [-0.2, -0.15) is 0 Å². The molecule has 2 aliphatic carbocycles. The van der Waals surface area contributed by atoms with Crippen molar-refractivity contribution in [1.82, 2.24) is 10.2 Å². The molecule has 1 aromatic carbocycles. The second-order valence-electron chi connectivity index (χ2n) is 10.1. The molecule has 0 aromatic heterocycles. The molecule has 2 heterocycles. The summed E-state index contributed by atoms with van der Waals surface area (Å²) >= 11 is 0. The molecule has 2 amide bonds. The molecule has 2 saturated carbocycles. The number of carbonyl (C=O) groups is 2. The summed E-state index contributed by atoms with van der Waals surface area (Å²) < 4.78 is 0. The number of fused-ring (bicyclic) bond motifs is 2. The number of anilines is 1. The van der Waals surface area contributed by atoms with Crippen LogP contribution in [0, 0.1) is 11.3 Å². The van der Waals surface area contributed by atoms with Crippen molar-refractivity contribution in [3.05, 3.63) is 29.8 Å². The summed E-state index contributed by atoms with van der Waals surface area (Å²) in [6, 6.07) is 8.54. The van der Waals surface area contributed by atoms with E-state index in [1.165, 1.54) is 18.4 Å². The number of amides is 2. The van der Waals surface area contributed by atoms with Crippen LogP contribution in [0.1, 0.15) is 63.9 Å². The van der Waals surface area contributed by atoms with Crippen molar-refractivity contribution in [2.24, 2.45) is 11.3 Å². The maximum absolute atomic E-state index is 12.8. The van der Waals surface area contributed by atoms with E-state index in [-0.39, 0.29) is 22.6 Å². The first-order valence-corrected chi connectivity index (χ1v) is 11.4. The van der Waals surface area contributed by atoms with E-state index in [9.17, 15) is 9.59 Å².